The lowest BCUT2D eigenvalue weighted by molar-refractivity contribution is -0.0268. The van der Waals surface area contributed by atoms with Crippen molar-refractivity contribution >= 4 is 23.2 Å². The lowest BCUT2D eigenvalue weighted by Crippen LogP contribution is -2.51. The molecule has 20 heavy (non-hydrogen) atoms. The van der Waals surface area contributed by atoms with Crippen molar-refractivity contribution in [1.82, 2.24) is 4.90 Å². The molecule has 0 aromatic heterocycles. The Bertz CT molecular complexity index is 454. The first-order valence-corrected chi connectivity index (χ1v) is 8.18. The van der Waals surface area contributed by atoms with Crippen molar-refractivity contribution in [1.29, 1.82) is 0 Å². The van der Waals surface area contributed by atoms with Gasteiger partial charge in [0.15, 0.2) is 0 Å². The molecule has 112 valence electrons. The van der Waals surface area contributed by atoms with Crippen molar-refractivity contribution in [3.05, 3.63) is 33.8 Å². The summed E-state index contributed by atoms with van der Waals surface area (Å²) in [6.45, 7) is 6.22. The van der Waals surface area contributed by atoms with Gasteiger partial charge in [-0.15, -0.1) is 0 Å². The van der Waals surface area contributed by atoms with E-state index in [-0.39, 0.29) is 5.54 Å². The lowest BCUT2D eigenvalue weighted by Gasteiger charge is -2.44. The Morgan fingerprint density at radius 2 is 1.75 bits per heavy atom. The fourth-order valence-electron chi connectivity index (χ4n) is 3.60. The van der Waals surface area contributed by atoms with Crippen LogP contribution in [0.4, 0.5) is 0 Å². The number of hydrogen-bond donors (Lipinski definition) is 1. The molecule has 0 bridgehead atoms. The summed E-state index contributed by atoms with van der Waals surface area (Å²) in [5.74, 6) is 0. The van der Waals surface area contributed by atoms with Crippen LogP contribution in [0.25, 0.3) is 0 Å². The van der Waals surface area contributed by atoms with Gasteiger partial charge >= 0.3 is 0 Å². The van der Waals surface area contributed by atoms with Gasteiger partial charge < -0.3 is 5.11 Å². The van der Waals surface area contributed by atoms with E-state index in [0.717, 1.165) is 31.5 Å². The van der Waals surface area contributed by atoms with Crippen LogP contribution in [-0.2, 0) is 0 Å². The molecule has 1 saturated carbocycles. The Kier molecular flexibility index (Phi) is 5.36. The molecular weight excluding hydrogens is 293 g/mol. The van der Waals surface area contributed by atoms with Gasteiger partial charge in [-0.25, -0.2) is 0 Å². The monoisotopic (exact) mass is 315 g/mol. The minimum atomic E-state index is -0.514. The second-order valence-corrected chi connectivity index (χ2v) is 6.37. The molecule has 1 unspecified atom stereocenters. The first-order valence-electron chi connectivity index (χ1n) is 7.43. The van der Waals surface area contributed by atoms with E-state index in [4.69, 9.17) is 23.2 Å². The number of likely N-dealkylation sites (N-methyl/N-ethyl adjacent to an activating group) is 1. The molecular formula is C16H23Cl2NO. The fourth-order valence-corrected chi connectivity index (χ4v) is 3.90. The normalized spacial score (nSPS) is 19.5. The highest BCUT2D eigenvalue weighted by molar-refractivity contribution is 6.42. The van der Waals surface area contributed by atoms with Gasteiger partial charge in [-0.05, 0) is 43.6 Å². The van der Waals surface area contributed by atoms with Crippen LogP contribution in [0.15, 0.2) is 18.2 Å². The van der Waals surface area contributed by atoms with Gasteiger partial charge in [0.2, 0.25) is 0 Å². The number of halogens is 2. The van der Waals surface area contributed by atoms with Crippen molar-refractivity contribution in [2.24, 2.45) is 0 Å². The maximum atomic E-state index is 11.0. The van der Waals surface area contributed by atoms with Crippen LogP contribution >= 0.6 is 23.2 Å². The van der Waals surface area contributed by atoms with Crippen LogP contribution in [0.3, 0.4) is 0 Å². The maximum Gasteiger partial charge on any atom is 0.0974 e. The Balaban J connectivity index is 2.35. The summed E-state index contributed by atoms with van der Waals surface area (Å²) >= 11 is 12.1. The predicted molar refractivity (Wildman–Crippen MR) is 85.5 cm³/mol. The largest absolute Gasteiger partial charge is 0.386 e. The third kappa shape index (κ3) is 2.85. The Labute approximate surface area is 131 Å². The van der Waals surface area contributed by atoms with E-state index in [1.54, 1.807) is 12.1 Å². The van der Waals surface area contributed by atoms with Crippen molar-refractivity contribution in [3.63, 3.8) is 0 Å². The van der Waals surface area contributed by atoms with E-state index in [2.05, 4.69) is 18.7 Å². The Morgan fingerprint density at radius 3 is 2.25 bits per heavy atom. The molecule has 0 heterocycles. The van der Waals surface area contributed by atoms with E-state index in [9.17, 15) is 5.11 Å². The van der Waals surface area contributed by atoms with Crippen molar-refractivity contribution in [2.75, 3.05) is 13.1 Å². The number of benzene rings is 1. The second-order valence-electron chi connectivity index (χ2n) is 5.56. The average Bonchev–Trinajstić information content (AvgIpc) is 2.93. The molecule has 2 nitrogen and oxygen atoms in total. The topological polar surface area (TPSA) is 23.5 Å². The highest BCUT2D eigenvalue weighted by Crippen LogP contribution is 2.45. The smallest absolute Gasteiger partial charge is 0.0974 e. The summed E-state index contributed by atoms with van der Waals surface area (Å²) in [6, 6.07) is 5.47. The number of aliphatic hydroxyl groups is 1. The summed E-state index contributed by atoms with van der Waals surface area (Å²) in [7, 11) is 0. The third-order valence-corrected chi connectivity index (χ3v) is 5.37. The molecule has 2 rings (SSSR count). The van der Waals surface area contributed by atoms with Gasteiger partial charge in [-0.3, -0.25) is 4.90 Å². The highest BCUT2D eigenvalue weighted by atomic mass is 35.5. The Morgan fingerprint density at radius 1 is 1.15 bits per heavy atom. The maximum absolute atomic E-state index is 11.0. The van der Waals surface area contributed by atoms with Gasteiger partial charge in [0.25, 0.3) is 0 Å². The molecule has 0 radical (unpaired) electrons. The number of hydrogen-bond acceptors (Lipinski definition) is 2. The molecule has 1 aliphatic carbocycles. The summed E-state index contributed by atoms with van der Waals surface area (Å²) in [6.07, 6.45) is 3.91. The average molecular weight is 316 g/mol. The van der Waals surface area contributed by atoms with Crippen LogP contribution in [0.5, 0.6) is 0 Å². The van der Waals surface area contributed by atoms with Crippen LogP contribution in [0.2, 0.25) is 10.0 Å². The van der Waals surface area contributed by atoms with Crippen molar-refractivity contribution < 1.29 is 5.11 Å². The van der Waals surface area contributed by atoms with Gasteiger partial charge in [0.1, 0.15) is 0 Å². The SMILES string of the molecule is CCN(CC)C1(C(O)c2ccc(Cl)c(Cl)c2)CCCC1. The lowest BCUT2D eigenvalue weighted by atomic mass is 9.84. The van der Waals surface area contributed by atoms with Gasteiger partial charge in [-0.2, -0.15) is 0 Å². The molecule has 1 atom stereocenters. The fraction of sp³-hybridized carbons (Fsp3) is 0.625. The standard InChI is InChI=1S/C16H23Cl2NO/c1-3-19(4-2)16(9-5-6-10-16)15(20)12-7-8-13(17)14(18)11-12/h7-8,11,15,20H,3-6,9-10H2,1-2H3. The van der Waals surface area contributed by atoms with Crippen LogP contribution in [0, 0.1) is 0 Å². The zero-order valence-electron chi connectivity index (χ0n) is 12.2. The van der Waals surface area contributed by atoms with Crippen LogP contribution in [0.1, 0.15) is 51.2 Å². The predicted octanol–water partition coefficient (Wildman–Crippen LogP) is 4.68. The van der Waals surface area contributed by atoms with E-state index >= 15 is 0 Å². The molecule has 1 fully saturated rings. The van der Waals surface area contributed by atoms with E-state index < -0.39 is 6.10 Å². The first-order chi connectivity index (χ1) is 9.55. The quantitative estimate of drug-likeness (QED) is 0.852. The number of aliphatic hydroxyl groups excluding tert-OH is 1. The van der Waals surface area contributed by atoms with Gasteiger partial charge in [-0.1, -0.05) is 56.0 Å². The van der Waals surface area contributed by atoms with Crippen LogP contribution < -0.4 is 0 Å². The second kappa shape index (κ2) is 6.65. The van der Waals surface area contributed by atoms with Crippen molar-refractivity contribution in [3.8, 4) is 0 Å². The Hall–Kier alpha value is -0.280. The molecule has 0 saturated heterocycles. The number of nitrogens with zero attached hydrogens (tertiary/aromatic N) is 1. The van der Waals surface area contributed by atoms with Gasteiger partial charge in [0.05, 0.1) is 21.7 Å². The third-order valence-electron chi connectivity index (χ3n) is 4.63. The van der Waals surface area contributed by atoms with E-state index in [0.29, 0.717) is 10.0 Å². The molecule has 0 amide bonds. The number of rotatable bonds is 5. The van der Waals surface area contributed by atoms with Gasteiger partial charge in [0, 0.05) is 0 Å². The molecule has 4 heteroatoms. The van der Waals surface area contributed by atoms with E-state index in [1.165, 1.54) is 12.8 Å². The zero-order valence-corrected chi connectivity index (χ0v) is 13.7. The zero-order chi connectivity index (χ0) is 14.8. The summed E-state index contributed by atoms with van der Waals surface area (Å²) in [5.41, 5.74) is 0.717. The minimum absolute atomic E-state index is 0.152. The first kappa shape index (κ1) is 16.1. The highest BCUT2D eigenvalue weighted by Gasteiger charge is 2.44. The summed E-state index contributed by atoms with van der Waals surface area (Å²) < 4.78 is 0. The van der Waals surface area contributed by atoms with E-state index in [1.807, 2.05) is 6.07 Å². The molecule has 1 N–H and O–H groups in total. The van der Waals surface area contributed by atoms with Crippen molar-refractivity contribution in [2.45, 2.75) is 51.2 Å². The molecule has 0 spiro atoms. The molecule has 0 aliphatic heterocycles. The van der Waals surface area contributed by atoms with Crippen LogP contribution in [-0.4, -0.2) is 28.6 Å². The molecule has 1 aromatic carbocycles. The minimum Gasteiger partial charge on any atom is -0.386 e. The summed E-state index contributed by atoms with van der Waals surface area (Å²) in [4.78, 5) is 2.40. The summed E-state index contributed by atoms with van der Waals surface area (Å²) in [5, 5.41) is 12.0. The molecule has 1 aliphatic rings. The molecule has 1 aromatic rings.